The SMILES string of the molecule is CCC1OCCC1C(NN)c1ccccc1OC(F)(F)F. The lowest BCUT2D eigenvalue weighted by atomic mass is 9.86. The number of hydrogen-bond acceptors (Lipinski definition) is 4. The van der Waals surface area contributed by atoms with E-state index in [0.29, 0.717) is 12.2 Å². The average molecular weight is 304 g/mol. The van der Waals surface area contributed by atoms with Gasteiger partial charge in [0.15, 0.2) is 0 Å². The summed E-state index contributed by atoms with van der Waals surface area (Å²) < 4.78 is 47.2. The van der Waals surface area contributed by atoms with Crippen molar-refractivity contribution in [2.45, 2.75) is 38.3 Å². The van der Waals surface area contributed by atoms with Crippen LogP contribution in [-0.4, -0.2) is 19.1 Å². The van der Waals surface area contributed by atoms with Crippen molar-refractivity contribution in [3.8, 4) is 5.75 Å². The summed E-state index contributed by atoms with van der Waals surface area (Å²) >= 11 is 0. The number of halogens is 3. The van der Waals surface area contributed by atoms with Crippen LogP contribution >= 0.6 is 0 Å². The zero-order chi connectivity index (χ0) is 15.5. The molecule has 0 radical (unpaired) electrons. The first-order chi connectivity index (χ1) is 9.96. The van der Waals surface area contributed by atoms with Crippen LogP contribution in [0.4, 0.5) is 13.2 Å². The van der Waals surface area contributed by atoms with Crippen LogP contribution in [0.5, 0.6) is 5.75 Å². The largest absolute Gasteiger partial charge is 0.573 e. The van der Waals surface area contributed by atoms with Crippen LogP contribution in [0.15, 0.2) is 24.3 Å². The molecule has 0 saturated carbocycles. The van der Waals surface area contributed by atoms with Gasteiger partial charge in [-0.3, -0.25) is 11.3 Å². The number of hydrazine groups is 1. The second-order valence-electron chi connectivity index (χ2n) is 5.00. The van der Waals surface area contributed by atoms with Crippen molar-refractivity contribution < 1.29 is 22.6 Å². The summed E-state index contributed by atoms with van der Waals surface area (Å²) in [7, 11) is 0. The Hall–Kier alpha value is -1.31. The Morgan fingerprint density at radius 2 is 2.14 bits per heavy atom. The summed E-state index contributed by atoms with van der Waals surface area (Å²) in [6.07, 6.45) is -3.23. The van der Waals surface area contributed by atoms with E-state index in [9.17, 15) is 13.2 Å². The number of nitrogens with one attached hydrogen (secondary N) is 1. The monoisotopic (exact) mass is 304 g/mol. The van der Waals surface area contributed by atoms with Gasteiger partial charge in [0.05, 0.1) is 12.1 Å². The minimum Gasteiger partial charge on any atom is -0.405 e. The second-order valence-corrected chi connectivity index (χ2v) is 5.00. The minimum absolute atomic E-state index is 0.0120. The summed E-state index contributed by atoms with van der Waals surface area (Å²) in [5.74, 6) is 5.38. The highest BCUT2D eigenvalue weighted by atomic mass is 19.4. The van der Waals surface area contributed by atoms with E-state index in [1.165, 1.54) is 12.1 Å². The molecule has 1 aromatic carbocycles. The maximum atomic E-state index is 12.5. The standard InChI is InChI=1S/C14H19F3N2O2/c1-2-11-10(7-8-20-11)13(19-18)9-5-3-4-6-12(9)21-14(15,16)17/h3-6,10-11,13,19H,2,7-8,18H2,1H3. The van der Waals surface area contributed by atoms with Crippen molar-refractivity contribution in [1.82, 2.24) is 5.43 Å². The number of hydrogen-bond donors (Lipinski definition) is 2. The average Bonchev–Trinajstić information content (AvgIpc) is 2.88. The van der Waals surface area contributed by atoms with Crippen molar-refractivity contribution in [2.75, 3.05) is 6.61 Å². The molecule has 1 fully saturated rings. The lowest BCUT2D eigenvalue weighted by molar-refractivity contribution is -0.275. The molecule has 3 atom stereocenters. The van der Waals surface area contributed by atoms with Crippen molar-refractivity contribution in [3.63, 3.8) is 0 Å². The highest BCUT2D eigenvalue weighted by molar-refractivity contribution is 5.36. The van der Waals surface area contributed by atoms with Crippen LogP contribution in [0.25, 0.3) is 0 Å². The molecule has 0 spiro atoms. The van der Waals surface area contributed by atoms with Gasteiger partial charge < -0.3 is 9.47 Å². The normalized spacial score (nSPS) is 24.0. The molecule has 4 nitrogen and oxygen atoms in total. The maximum absolute atomic E-state index is 12.5. The van der Waals surface area contributed by atoms with Gasteiger partial charge >= 0.3 is 6.36 Å². The first-order valence-electron chi connectivity index (χ1n) is 6.88. The van der Waals surface area contributed by atoms with Crippen molar-refractivity contribution in [2.24, 2.45) is 11.8 Å². The summed E-state index contributed by atoms with van der Waals surface area (Å²) in [5, 5.41) is 0. The molecule has 1 aliphatic heterocycles. The highest BCUT2D eigenvalue weighted by Crippen LogP contribution is 2.39. The zero-order valence-corrected chi connectivity index (χ0v) is 11.7. The minimum atomic E-state index is -4.73. The third kappa shape index (κ3) is 3.87. The molecule has 1 aliphatic rings. The Kier molecular flexibility index (Phi) is 5.08. The smallest absolute Gasteiger partial charge is 0.405 e. The number of nitrogens with two attached hydrogens (primary N) is 1. The molecule has 7 heteroatoms. The van der Waals surface area contributed by atoms with Crippen molar-refractivity contribution in [1.29, 1.82) is 0 Å². The predicted molar refractivity (Wildman–Crippen MR) is 71.3 cm³/mol. The van der Waals surface area contributed by atoms with E-state index in [1.807, 2.05) is 6.92 Å². The molecule has 21 heavy (non-hydrogen) atoms. The Bertz CT molecular complexity index is 468. The molecule has 0 aromatic heterocycles. The molecule has 1 aromatic rings. The number of benzene rings is 1. The third-order valence-corrected chi connectivity index (χ3v) is 3.75. The number of rotatable bonds is 5. The Morgan fingerprint density at radius 3 is 2.76 bits per heavy atom. The highest BCUT2D eigenvalue weighted by Gasteiger charge is 2.37. The Labute approximate surface area is 121 Å². The quantitative estimate of drug-likeness (QED) is 0.649. The predicted octanol–water partition coefficient (Wildman–Crippen LogP) is 2.90. The molecule has 0 aliphatic carbocycles. The van der Waals surface area contributed by atoms with E-state index >= 15 is 0 Å². The van der Waals surface area contributed by atoms with Gasteiger partial charge in [-0.25, -0.2) is 0 Å². The van der Waals surface area contributed by atoms with E-state index in [4.69, 9.17) is 10.6 Å². The lowest BCUT2D eigenvalue weighted by Gasteiger charge is -2.28. The lowest BCUT2D eigenvalue weighted by Crippen LogP contribution is -2.37. The molecule has 3 N–H and O–H groups in total. The molecular weight excluding hydrogens is 285 g/mol. The van der Waals surface area contributed by atoms with Crippen molar-refractivity contribution in [3.05, 3.63) is 29.8 Å². The molecular formula is C14H19F3N2O2. The summed E-state index contributed by atoms with van der Waals surface area (Å²) in [6.45, 7) is 2.57. The van der Waals surface area contributed by atoms with Gasteiger partial charge in [-0.15, -0.1) is 13.2 Å². The van der Waals surface area contributed by atoms with E-state index in [-0.39, 0.29) is 17.8 Å². The Morgan fingerprint density at radius 1 is 1.43 bits per heavy atom. The van der Waals surface area contributed by atoms with Crippen molar-refractivity contribution >= 4 is 0 Å². The van der Waals surface area contributed by atoms with Gasteiger partial charge in [-0.1, -0.05) is 25.1 Å². The maximum Gasteiger partial charge on any atom is 0.573 e. The molecule has 1 heterocycles. The number of ether oxygens (including phenoxy) is 2. The fourth-order valence-corrected chi connectivity index (χ4v) is 2.87. The van der Waals surface area contributed by atoms with Crippen LogP contribution in [0.2, 0.25) is 0 Å². The Balaban J connectivity index is 2.29. The van der Waals surface area contributed by atoms with E-state index in [1.54, 1.807) is 12.1 Å². The third-order valence-electron chi connectivity index (χ3n) is 3.75. The van der Waals surface area contributed by atoms with Gasteiger partial charge in [0.1, 0.15) is 5.75 Å². The summed E-state index contributed by atoms with van der Waals surface area (Å²) in [4.78, 5) is 0. The summed E-state index contributed by atoms with van der Waals surface area (Å²) in [5.41, 5.74) is 3.02. The van der Waals surface area contributed by atoms with Gasteiger partial charge in [0.2, 0.25) is 0 Å². The van der Waals surface area contributed by atoms with Gasteiger partial charge in [0.25, 0.3) is 0 Å². The van der Waals surface area contributed by atoms with Gasteiger partial charge in [-0.05, 0) is 18.9 Å². The molecule has 2 rings (SSSR count). The van der Waals surface area contributed by atoms with E-state index in [0.717, 1.165) is 12.8 Å². The van der Waals surface area contributed by atoms with Crippen LogP contribution in [-0.2, 0) is 4.74 Å². The van der Waals surface area contributed by atoms with Crippen LogP contribution in [0.3, 0.4) is 0 Å². The first-order valence-corrected chi connectivity index (χ1v) is 6.88. The van der Waals surface area contributed by atoms with E-state index in [2.05, 4.69) is 10.2 Å². The molecule has 0 bridgehead atoms. The van der Waals surface area contributed by atoms with Gasteiger partial charge in [-0.2, -0.15) is 0 Å². The van der Waals surface area contributed by atoms with Crippen LogP contribution in [0, 0.1) is 5.92 Å². The van der Waals surface area contributed by atoms with Crippen LogP contribution in [0.1, 0.15) is 31.4 Å². The fourth-order valence-electron chi connectivity index (χ4n) is 2.87. The molecule has 3 unspecified atom stereocenters. The van der Waals surface area contributed by atoms with Gasteiger partial charge in [0, 0.05) is 18.1 Å². The summed E-state index contributed by atoms with van der Waals surface area (Å²) in [6, 6.07) is 5.61. The van der Waals surface area contributed by atoms with E-state index < -0.39 is 12.4 Å². The fraction of sp³-hybridized carbons (Fsp3) is 0.571. The zero-order valence-electron chi connectivity index (χ0n) is 11.7. The van der Waals surface area contributed by atoms with Crippen LogP contribution < -0.4 is 16.0 Å². The molecule has 1 saturated heterocycles. The first kappa shape index (κ1) is 16.1. The molecule has 118 valence electrons. The second kappa shape index (κ2) is 6.64. The number of para-hydroxylation sites is 1. The number of alkyl halides is 3. The topological polar surface area (TPSA) is 56.5 Å². The molecule has 0 amide bonds.